The highest BCUT2D eigenvalue weighted by atomic mass is 35.5. The minimum Gasteiger partial charge on any atom is -0.490 e. The smallest absolute Gasteiger partial charge is 0.329 e. The van der Waals surface area contributed by atoms with E-state index in [2.05, 4.69) is 5.32 Å². The molecule has 27 heavy (non-hydrogen) atoms. The van der Waals surface area contributed by atoms with E-state index in [0.717, 1.165) is 0 Å². The summed E-state index contributed by atoms with van der Waals surface area (Å²) in [6.07, 6.45) is 0. The number of carbonyl (C=O) groups excluding carboxylic acids is 2. The summed E-state index contributed by atoms with van der Waals surface area (Å²) in [4.78, 5) is 24.7. The van der Waals surface area contributed by atoms with Crippen molar-refractivity contribution in [3.63, 3.8) is 0 Å². The van der Waals surface area contributed by atoms with Crippen LogP contribution in [-0.4, -0.2) is 31.1 Å². The van der Waals surface area contributed by atoms with Gasteiger partial charge in [-0.3, -0.25) is 4.79 Å². The number of nitrogens with one attached hydrogen (secondary N) is 1. The van der Waals surface area contributed by atoms with Gasteiger partial charge in [0, 0.05) is 0 Å². The van der Waals surface area contributed by atoms with Crippen LogP contribution in [0.25, 0.3) is 0 Å². The maximum Gasteiger partial charge on any atom is 0.329 e. The maximum atomic E-state index is 12.8. The van der Waals surface area contributed by atoms with Gasteiger partial charge in [-0.05, 0) is 42.3 Å². The van der Waals surface area contributed by atoms with Crippen molar-refractivity contribution in [2.45, 2.75) is 19.9 Å². The second-order valence-electron chi connectivity index (χ2n) is 6.14. The van der Waals surface area contributed by atoms with Crippen LogP contribution in [0.15, 0.2) is 48.5 Å². The van der Waals surface area contributed by atoms with Crippen LogP contribution in [0, 0.1) is 11.7 Å². The van der Waals surface area contributed by atoms with Gasteiger partial charge in [-0.1, -0.05) is 37.6 Å². The summed E-state index contributed by atoms with van der Waals surface area (Å²) >= 11 is 6.02. The van der Waals surface area contributed by atoms with Crippen molar-refractivity contribution in [1.29, 1.82) is 0 Å². The molecule has 5 nitrogen and oxygen atoms in total. The number of halogens is 2. The lowest BCUT2D eigenvalue weighted by Gasteiger charge is -2.21. The van der Waals surface area contributed by atoms with Crippen molar-refractivity contribution < 1.29 is 23.5 Å². The first-order chi connectivity index (χ1) is 12.9. The molecule has 0 fully saturated rings. The Morgan fingerprint density at radius 1 is 1.07 bits per heavy atom. The molecular formula is C20H21ClFNO4. The molecule has 2 aromatic rings. The van der Waals surface area contributed by atoms with Crippen LogP contribution >= 0.6 is 11.6 Å². The maximum absolute atomic E-state index is 12.8. The fourth-order valence-electron chi connectivity index (χ4n) is 2.28. The molecule has 144 valence electrons. The van der Waals surface area contributed by atoms with Crippen molar-refractivity contribution in [3.05, 3.63) is 64.9 Å². The summed E-state index contributed by atoms with van der Waals surface area (Å²) in [6, 6.07) is 11.3. The molecule has 1 atom stereocenters. The van der Waals surface area contributed by atoms with E-state index in [1.165, 1.54) is 24.3 Å². The number of carbonyl (C=O) groups is 2. The highest BCUT2D eigenvalue weighted by Crippen LogP contribution is 2.16. The largest absolute Gasteiger partial charge is 0.490 e. The second kappa shape index (κ2) is 9.92. The van der Waals surface area contributed by atoms with Gasteiger partial charge in [-0.15, -0.1) is 0 Å². The highest BCUT2D eigenvalue weighted by molar-refractivity contribution is 6.33. The van der Waals surface area contributed by atoms with Gasteiger partial charge in [0.15, 0.2) is 0 Å². The Morgan fingerprint density at radius 3 is 2.37 bits per heavy atom. The molecule has 0 aliphatic carbocycles. The first-order valence-corrected chi connectivity index (χ1v) is 8.86. The number of ether oxygens (including phenoxy) is 2. The van der Waals surface area contributed by atoms with Crippen LogP contribution in [0.5, 0.6) is 5.75 Å². The van der Waals surface area contributed by atoms with Gasteiger partial charge in [-0.2, -0.15) is 0 Å². The van der Waals surface area contributed by atoms with Crippen molar-refractivity contribution >= 4 is 23.5 Å². The molecule has 1 N–H and O–H groups in total. The summed E-state index contributed by atoms with van der Waals surface area (Å²) in [6.45, 7) is 3.71. The van der Waals surface area contributed by atoms with Crippen LogP contribution in [0.2, 0.25) is 5.02 Å². The number of benzene rings is 2. The Balaban J connectivity index is 1.86. The molecule has 7 heteroatoms. The third kappa shape index (κ3) is 6.25. The van der Waals surface area contributed by atoms with Crippen molar-refractivity contribution in [3.8, 4) is 5.75 Å². The van der Waals surface area contributed by atoms with E-state index in [9.17, 15) is 14.0 Å². The molecule has 0 unspecified atom stereocenters. The molecule has 0 aliphatic rings. The topological polar surface area (TPSA) is 64.6 Å². The molecule has 0 radical (unpaired) electrons. The number of amides is 1. The second-order valence-corrected chi connectivity index (χ2v) is 6.55. The van der Waals surface area contributed by atoms with Gasteiger partial charge >= 0.3 is 5.97 Å². The quantitative estimate of drug-likeness (QED) is 0.546. The Labute approximate surface area is 162 Å². The van der Waals surface area contributed by atoms with Gasteiger partial charge < -0.3 is 14.8 Å². The van der Waals surface area contributed by atoms with E-state index >= 15 is 0 Å². The van der Waals surface area contributed by atoms with E-state index in [1.807, 2.05) is 0 Å². The van der Waals surface area contributed by atoms with Gasteiger partial charge in [0.2, 0.25) is 0 Å². The molecule has 0 saturated heterocycles. The van der Waals surface area contributed by atoms with Crippen molar-refractivity contribution in [2.24, 2.45) is 5.92 Å². The zero-order valence-electron chi connectivity index (χ0n) is 15.1. The van der Waals surface area contributed by atoms with Crippen LogP contribution in [0.3, 0.4) is 0 Å². The first kappa shape index (κ1) is 20.7. The molecule has 0 aliphatic heterocycles. The third-order valence-electron chi connectivity index (χ3n) is 3.74. The average Bonchev–Trinajstić information content (AvgIpc) is 2.64. The van der Waals surface area contributed by atoms with Gasteiger partial charge in [-0.25, -0.2) is 9.18 Å². The fraction of sp³-hybridized carbons (Fsp3) is 0.300. The fourth-order valence-corrected chi connectivity index (χ4v) is 2.51. The van der Waals surface area contributed by atoms with Crippen LogP contribution in [0.4, 0.5) is 4.39 Å². The molecular weight excluding hydrogens is 373 g/mol. The number of hydrogen-bond acceptors (Lipinski definition) is 4. The molecule has 1 amide bonds. The average molecular weight is 394 g/mol. The first-order valence-electron chi connectivity index (χ1n) is 8.49. The molecule has 2 aromatic carbocycles. The number of esters is 1. The number of rotatable bonds is 8. The zero-order chi connectivity index (χ0) is 19.8. The van der Waals surface area contributed by atoms with Gasteiger partial charge in [0.25, 0.3) is 5.91 Å². The Kier molecular flexibility index (Phi) is 7.61. The normalized spacial score (nSPS) is 11.7. The Hall–Kier alpha value is -2.60. The van der Waals surface area contributed by atoms with E-state index < -0.39 is 17.9 Å². The third-order valence-corrected chi connectivity index (χ3v) is 4.07. The summed E-state index contributed by atoms with van der Waals surface area (Å²) in [7, 11) is 0. The summed E-state index contributed by atoms with van der Waals surface area (Å²) in [5, 5.41) is 2.96. The van der Waals surface area contributed by atoms with Gasteiger partial charge in [0.05, 0.1) is 10.6 Å². The van der Waals surface area contributed by atoms with E-state index in [-0.39, 0.29) is 30.5 Å². The monoisotopic (exact) mass is 393 g/mol. The zero-order valence-corrected chi connectivity index (χ0v) is 15.8. The summed E-state index contributed by atoms with van der Waals surface area (Å²) in [5.74, 6) is -1.07. The predicted molar refractivity (Wildman–Crippen MR) is 100 cm³/mol. The molecule has 0 aromatic heterocycles. The minimum atomic E-state index is -0.820. The standard InChI is InChI=1S/C20H21ClFNO4/c1-13(2)18(23-19(24)16-5-3-4-6-17(16)21)20(25)27-12-11-26-15-9-7-14(22)8-10-15/h3-10,13,18H,11-12H2,1-2H3,(H,23,24)/t18-/m0/s1. The lowest BCUT2D eigenvalue weighted by atomic mass is 10.0. The SMILES string of the molecule is CC(C)[C@H](NC(=O)c1ccccc1Cl)C(=O)OCCOc1ccc(F)cc1. The molecule has 0 saturated carbocycles. The lowest BCUT2D eigenvalue weighted by Crippen LogP contribution is -2.45. The van der Waals surface area contributed by atoms with E-state index in [1.54, 1.807) is 38.1 Å². The van der Waals surface area contributed by atoms with Crippen molar-refractivity contribution in [2.75, 3.05) is 13.2 Å². The van der Waals surface area contributed by atoms with Crippen molar-refractivity contribution in [1.82, 2.24) is 5.32 Å². The molecule has 0 bridgehead atoms. The van der Waals surface area contributed by atoms with Crippen LogP contribution in [-0.2, 0) is 9.53 Å². The Bertz CT molecular complexity index is 780. The summed E-state index contributed by atoms with van der Waals surface area (Å²) < 4.78 is 23.4. The molecule has 2 rings (SSSR count). The predicted octanol–water partition coefficient (Wildman–Crippen LogP) is 3.86. The van der Waals surface area contributed by atoms with Crippen LogP contribution < -0.4 is 10.1 Å². The minimum absolute atomic E-state index is 0.00138. The molecule has 0 heterocycles. The number of hydrogen-bond donors (Lipinski definition) is 1. The Morgan fingerprint density at radius 2 is 1.74 bits per heavy atom. The lowest BCUT2D eigenvalue weighted by molar-refractivity contribution is -0.147. The van der Waals surface area contributed by atoms with Gasteiger partial charge in [0.1, 0.15) is 30.8 Å². The summed E-state index contributed by atoms with van der Waals surface area (Å²) in [5.41, 5.74) is 0.289. The van der Waals surface area contributed by atoms with E-state index in [4.69, 9.17) is 21.1 Å². The molecule has 0 spiro atoms. The highest BCUT2D eigenvalue weighted by Gasteiger charge is 2.26. The van der Waals surface area contributed by atoms with E-state index in [0.29, 0.717) is 10.8 Å². The van der Waals surface area contributed by atoms with Crippen LogP contribution in [0.1, 0.15) is 24.2 Å².